The number of fused-ring (bicyclic) bond motifs is 2. The standard InChI is InChI=1S/C33H32N6O2/c1-2-8-25(9-3-1)10-7-17-37-18-20-38(21-19-37)32(29-14-6-12-26-11-4-5-13-28(26)29)33-34-35-36-39(33)27-15-16-30-31(24-27)41-23-22-40-30/h1-16,24,32H,17-23H2/b10-7+. The van der Waals surface area contributed by atoms with Crippen LogP contribution < -0.4 is 9.47 Å². The molecule has 0 amide bonds. The van der Waals surface area contributed by atoms with Crippen molar-refractivity contribution in [3.63, 3.8) is 0 Å². The molecule has 1 aromatic heterocycles. The van der Waals surface area contributed by atoms with Crippen molar-refractivity contribution in [3.05, 3.63) is 114 Å². The van der Waals surface area contributed by atoms with Gasteiger partial charge in [-0.15, -0.1) is 5.10 Å². The van der Waals surface area contributed by atoms with Gasteiger partial charge >= 0.3 is 0 Å². The van der Waals surface area contributed by atoms with E-state index in [1.54, 1.807) is 0 Å². The molecule has 0 N–H and O–H groups in total. The molecule has 7 rings (SSSR count). The first-order valence-corrected chi connectivity index (χ1v) is 14.2. The van der Waals surface area contributed by atoms with Crippen LogP contribution in [0, 0.1) is 0 Å². The summed E-state index contributed by atoms with van der Waals surface area (Å²) >= 11 is 0. The van der Waals surface area contributed by atoms with E-state index in [9.17, 15) is 0 Å². The minimum atomic E-state index is -0.119. The van der Waals surface area contributed by atoms with Crippen LogP contribution in [0.1, 0.15) is 23.0 Å². The summed E-state index contributed by atoms with van der Waals surface area (Å²) in [5.74, 6) is 2.25. The molecule has 1 saturated heterocycles. The summed E-state index contributed by atoms with van der Waals surface area (Å²) in [7, 11) is 0. The molecular formula is C33H32N6O2. The molecule has 5 aromatic rings. The fourth-order valence-electron chi connectivity index (χ4n) is 5.81. The minimum absolute atomic E-state index is 0.119. The third kappa shape index (κ3) is 5.31. The molecule has 1 atom stereocenters. The van der Waals surface area contributed by atoms with Crippen LogP contribution in [-0.4, -0.2) is 75.9 Å². The Labute approximate surface area is 239 Å². The van der Waals surface area contributed by atoms with Gasteiger partial charge in [0.05, 0.1) is 11.7 Å². The van der Waals surface area contributed by atoms with E-state index in [2.05, 4.69) is 104 Å². The topological polar surface area (TPSA) is 68.5 Å². The Morgan fingerprint density at radius 3 is 2.44 bits per heavy atom. The van der Waals surface area contributed by atoms with E-state index in [0.29, 0.717) is 19.0 Å². The van der Waals surface area contributed by atoms with Crippen molar-refractivity contribution in [2.45, 2.75) is 6.04 Å². The number of ether oxygens (including phenoxy) is 2. The van der Waals surface area contributed by atoms with Crippen molar-refractivity contribution in [1.29, 1.82) is 0 Å². The third-order valence-corrected chi connectivity index (χ3v) is 7.87. The summed E-state index contributed by atoms with van der Waals surface area (Å²) in [4.78, 5) is 5.01. The minimum Gasteiger partial charge on any atom is -0.486 e. The van der Waals surface area contributed by atoms with Gasteiger partial charge in [-0.3, -0.25) is 9.80 Å². The molecule has 41 heavy (non-hydrogen) atoms. The van der Waals surface area contributed by atoms with E-state index in [0.717, 1.165) is 50.0 Å². The number of hydrogen-bond acceptors (Lipinski definition) is 7. The van der Waals surface area contributed by atoms with Gasteiger partial charge in [0.1, 0.15) is 13.2 Å². The van der Waals surface area contributed by atoms with Gasteiger partial charge in [0.2, 0.25) is 0 Å². The summed E-state index contributed by atoms with van der Waals surface area (Å²) in [5, 5.41) is 15.7. The van der Waals surface area contributed by atoms with Gasteiger partial charge in [-0.25, -0.2) is 0 Å². The monoisotopic (exact) mass is 544 g/mol. The molecule has 8 nitrogen and oxygen atoms in total. The highest BCUT2D eigenvalue weighted by atomic mass is 16.6. The van der Waals surface area contributed by atoms with Crippen molar-refractivity contribution in [2.24, 2.45) is 0 Å². The Hall–Kier alpha value is -4.53. The lowest BCUT2D eigenvalue weighted by atomic mass is 9.96. The highest BCUT2D eigenvalue weighted by Crippen LogP contribution is 2.36. The quantitative estimate of drug-likeness (QED) is 0.285. The first-order chi connectivity index (χ1) is 20.3. The fourth-order valence-corrected chi connectivity index (χ4v) is 5.81. The Kier molecular flexibility index (Phi) is 7.15. The zero-order valence-corrected chi connectivity index (χ0v) is 22.8. The number of aromatic nitrogens is 4. The Balaban J connectivity index is 1.20. The van der Waals surface area contributed by atoms with Crippen molar-refractivity contribution in [2.75, 3.05) is 45.9 Å². The second-order valence-electron chi connectivity index (χ2n) is 10.4. The second kappa shape index (κ2) is 11.5. The van der Waals surface area contributed by atoms with Crippen LogP contribution in [-0.2, 0) is 0 Å². The van der Waals surface area contributed by atoms with Crippen molar-refractivity contribution < 1.29 is 9.47 Å². The van der Waals surface area contributed by atoms with Crippen LogP contribution in [0.5, 0.6) is 11.5 Å². The lowest BCUT2D eigenvalue weighted by Gasteiger charge is -2.39. The lowest BCUT2D eigenvalue weighted by Crippen LogP contribution is -2.48. The molecule has 0 bridgehead atoms. The Morgan fingerprint density at radius 2 is 1.56 bits per heavy atom. The van der Waals surface area contributed by atoms with Crippen LogP contribution in [0.4, 0.5) is 0 Å². The second-order valence-corrected chi connectivity index (χ2v) is 10.4. The van der Waals surface area contributed by atoms with Crippen molar-refractivity contribution in [1.82, 2.24) is 30.0 Å². The molecule has 0 saturated carbocycles. The Morgan fingerprint density at radius 1 is 0.780 bits per heavy atom. The average molecular weight is 545 g/mol. The van der Waals surface area contributed by atoms with E-state index >= 15 is 0 Å². The normalized spacial score (nSPS) is 16.8. The molecule has 0 radical (unpaired) electrons. The average Bonchev–Trinajstić information content (AvgIpc) is 3.52. The lowest BCUT2D eigenvalue weighted by molar-refractivity contribution is 0.114. The summed E-state index contributed by atoms with van der Waals surface area (Å²) in [6.07, 6.45) is 4.46. The van der Waals surface area contributed by atoms with Gasteiger partial charge in [0.15, 0.2) is 17.3 Å². The summed E-state index contributed by atoms with van der Waals surface area (Å²) in [5.41, 5.74) is 3.28. The first-order valence-electron chi connectivity index (χ1n) is 14.2. The predicted molar refractivity (Wildman–Crippen MR) is 159 cm³/mol. The van der Waals surface area contributed by atoms with Crippen LogP contribution in [0.25, 0.3) is 22.5 Å². The molecule has 1 unspecified atom stereocenters. The summed E-state index contributed by atoms with van der Waals surface area (Å²) in [6, 6.07) is 31.3. The van der Waals surface area contributed by atoms with E-state index in [1.165, 1.54) is 21.9 Å². The first kappa shape index (κ1) is 25.4. The predicted octanol–water partition coefficient (Wildman–Crippen LogP) is 5.01. The van der Waals surface area contributed by atoms with Crippen LogP contribution in [0.3, 0.4) is 0 Å². The molecule has 2 aliphatic rings. The van der Waals surface area contributed by atoms with Gasteiger partial charge in [-0.1, -0.05) is 84.9 Å². The van der Waals surface area contributed by atoms with Gasteiger partial charge < -0.3 is 9.47 Å². The molecular weight excluding hydrogens is 512 g/mol. The van der Waals surface area contributed by atoms with Gasteiger partial charge in [0.25, 0.3) is 0 Å². The van der Waals surface area contributed by atoms with Crippen LogP contribution in [0.15, 0.2) is 97.1 Å². The summed E-state index contributed by atoms with van der Waals surface area (Å²) in [6.45, 7) is 5.75. The number of nitrogens with zero attached hydrogens (tertiary/aromatic N) is 6. The number of hydrogen-bond donors (Lipinski definition) is 0. The number of piperazine rings is 1. The van der Waals surface area contributed by atoms with Crippen LogP contribution >= 0.6 is 0 Å². The smallest absolute Gasteiger partial charge is 0.178 e. The van der Waals surface area contributed by atoms with E-state index in [4.69, 9.17) is 9.47 Å². The van der Waals surface area contributed by atoms with E-state index in [-0.39, 0.29) is 6.04 Å². The number of benzene rings is 4. The highest BCUT2D eigenvalue weighted by molar-refractivity contribution is 5.86. The zero-order valence-electron chi connectivity index (χ0n) is 22.8. The fraction of sp³-hybridized carbons (Fsp3) is 0.242. The van der Waals surface area contributed by atoms with Gasteiger partial charge in [-0.05, 0) is 44.5 Å². The molecule has 4 aromatic carbocycles. The number of rotatable bonds is 7. The molecule has 2 aliphatic heterocycles. The molecule has 3 heterocycles. The zero-order chi connectivity index (χ0) is 27.4. The maximum absolute atomic E-state index is 5.86. The van der Waals surface area contributed by atoms with E-state index in [1.807, 2.05) is 28.9 Å². The Bertz CT molecular complexity index is 1650. The van der Waals surface area contributed by atoms with Crippen molar-refractivity contribution >= 4 is 16.8 Å². The summed E-state index contributed by atoms with van der Waals surface area (Å²) < 4.78 is 13.5. The molecule has 1 fully saturated rings. The molecule has 206 valence electrons. The largest absolute Gasteiger partial charge is 0.486 e. The molecule has 8 heteroatoms. The highest BCUT2D eigenvalue weighted by Gasteiger charge is 2.32. The molecule has 0 aliphatic carbocycles. The van der Waals surface area contributed by atoms with Crippen LogP contribution in [0.2, 0.25) is 0 Å². The molecule has 0 spiro atoms. The van der Waals surface area contributed by atoms with Gasteiger partial charge in [-0.2, -0.15) is 4.68 Å². The maximum atomic E-state index is 5.86. The SMILES string of the molecule is C(=C\c1ccccc1)/CN1CCN(C(c2cccc3ccccc23)c2nnnn2-c2ccc3c(c2)OCCO3)CC1. The van der Waals surface area contributed by atoms with Crippen molar-refractivity contribution in [3.8, 4) is 17.2 Å². The maximum Gasteiger partial charge on any atom is 0.178 e. The van der Waals surface area contributed by atoms with Gasteiger partial charge in [0, 0.05) is 38.8 Å². The third-order valence-electron chi connectivity index (χ3n) is 7.87. The number of tetrazole rings is 1. The van der Waals surface area contributed by atoms with E-state index < -0.39 is 0 Å².